The second-order valence-corrected chi connectivity index (χ2v) is 6.94. The predicted molar refractivity (Wildman–Crippen MR) is 109 cm³/mol. The average Bonchev–Trinajstić information content (AvgIpc) is 3.00. The van der Waals surface area contributed by atoms with E-state index in [-0.39, 0.29) is 11.5 Å². The Balaban J connectivity index is 2.04. The lowest BCUT2D eigenvalue weighted by Gasteiger charge is -2.16. The second kappa shape index (κ2) is 7.19. The number of aromatic nitrogens is 1. The van der Waals surface area contributed by atoms with Gasteiger partial charge in [0.05, 0.1) is 17.1 Å². The van der Waals surface area contributed by atoms with Gasteiger partial charge in [-0.3, -0.25) is 10.1 Å². The van der Waals surface area contributed by atoms with Gasteiger partial charge in [-0.25, -0.2) is 0 Å². The molecule has 0 radical (unpaired) electrons. The highest BCUT2D eigenvalue weighted by Crippen LogP contribution is 2.40. The normalized spacial score (nSPS) is 12.2. The number of hydrogen-bond acceptors (Lipinski definition) is 3. The maximum absolute atomic E-state index is 11.6. The number of rotatable bonds is 5. The van der Waals surface area contributed by atoms with Crippen molar-refractivity contribution in [3.63, 3.8) is 0 Å². The molecule has 4 rings (SSSR count). The summed E-state index contributed by atoms with van der Waals surface area (Å²) in [5.41, 5.74) is 4.76. The largest absolute Gasteiger partial charge is 0.428 e. The SMILES string of the molecule is Cc1ccc([C@H](C[N+](=O)[O-])c2c(-c3ccccc3)n(O)c3ccccc23)cc1. The molecule has 1 aromatic heterocycles. The highest BCUT2D eigenvalue weighted by atomic mass is 16.6. The monoisotopic (exact) mass is 372 g/mol. The standard InChI is InChI=1S/C23H20N2O3/c1-16-11-13-17(14-12-16)20(15-24(26)27)22-19-9-5-6-10-21(19)25(28)23(22)18-7-3-2-4-8-18/h2-14,20,28H,15H2,1H3/t20-/m0/s1. The highest BCUT2D eigenvalue weighted by molar-refractivity contribution is 5.92. The zero-order valence-corrected chi connectivity index (χ0v) is 15.4. The number of benzene rings is 3. The Labute approximate surface area is 162 Å². The first kappa shape index (κ1) is 17.8. The van der Waals surface area contributed by atoms with Gasteiger partial charge in [0.15, 0.2) is 0 Å². The van der Waals surface area contributed by atoms with Crippen molar-refractivity contribution in [2.45, 2.75) is 12.8 Å². The van der Waals surface area contributed by atoms with Crippen molar-refractivity contribution in [2.24, 2.45) is 0 Å². The molecule has 28 heavy (non-hydrogen) atoms. The lowest BCUT2D eigenvalue weighted by molar-refractivity contribution is -0.481. The molecule has 5 nitrogen and oxygen atoms in total. The molecule has 0 spiro atoms. The molecule has 0 saturated carbocycles. The zero-order valence-electron chi connectivity index (χ0n) is 15.4. The summed E-state index contributed by atoms with van der Waals surface area (Å²) in [6, 6.07) is 24.8. The number of nitrogens with zero attached hydrogens (tertiary/aromatic N) is 2. The van der Waals surface area contributed by atoms with Crippen LogP contribution in [0.4, 0.5) is 0 Å². The van der Waals surface area contributed by atoms with Gasteiger partial charge < -0.3 is 5.21 Å². The minimum absolute atomic E-state index is 0.253. The van der Waals surface area contributed by atoms with E-state index >= 15 is 0 Å². The van der Waals surface area contributed by atoms with Crippen LogP contribution in [0.15, 0.2) is 78.9 Å². The molecule has 0 saturated heterocycles. The van der Waals surface area contributed by atoms with Gasteiger partial charge in [-0.2, -0.15) is 4.73 Å². The van der Waals surface area contributed by atoms with E-state index in [1.807, 2.05) is 85.8 Å². The maximum Gasteiger partial charge on any atom is 0.214 e. The molecule has 1 atom stereocenters. The molecular weight excluding hydrogens is 352 g/mol. The van der Waals surface area contributed by atoms with E-state index in [0.29, 0.717) is 11.2 Å². The third-order valence-corrected chi connectivity index (χ3v) is 5.10. The number of hydrogen-bond donors (Lipinski definition) is 1. The van der Waals surface area contributed by atoms with Gasteiger partial charge in [0.2, 0.25) is 6.54 Å². The number of fused-ring (bicyclic) bond motifs is 1. The first-order chi connectivity index (χ1) is 13.6. The fraction of sp³-hybridized carbons (Fsp3) is 0.130. The van der Waals surface area contributed by atoms with Gasteiger partial charge >= 0.3 is 0 Å². The molecule has 1 heterocycles. The number of aryl methyl sites for hydroxylation is 1. The Bertz CT molecular complexity index is 1130. The smallest absolute Gasteiger partial charge is 0.214 e. The first-order valence-corrected chi connectivity index (χ1v) is 9.12. The van der Waals surface area contributed by atoms with Crippen molar-refractivity contribution in [1.29, 1.82) is 0 Å². The Morgan fingerprint density at radius 3 is 2.29 bits per heavy atom. The van der Waals surface area contributed by atoms with Gasteiger partial charge in [0, 0.05) is 21.4 Å². The van der Waals surface area contributed by atoms with Crippen LogP contribution in [0, 0.1) is 17.0 Å². The highest BCUT2D eigenvalue weighted by Gasteiger charge is 2.29. The molecule has 0 aliphatic heterocycles. The van der Waals surface area contributed by atoms with Gasteiger partial charge in [-0.05, 0) is 18.6 Å². The molecule has 4 aromatic rings. The van der Waals surface area contributed by atoms with Crippen LogP contribution in [-0.2, 0) is 0 Å². The summed E-state index contributed by atoms with van der Waals surface area (Å²) in [7, 11) is 0. The first-order valence-electron chi connectivity index (χ1n) is 9.12. The van der Waals surface area contributed by atoms with Crippen LogP contribution in [0.5, 0.6) is 0 Å². The van der Waals surface area contributed by atoms with Crippen molar-refractivity contribution in [2.75, 3.05) is 6.54 Å². The Morgan fingerprint density at radius 2 is 1.61 bits per heavy atom. The van der Waals surface area contributed by atoms with E-state index in [4.69, 9.17) is 0 Å². The van der Waals surface area contributed by atoms with Crippen molar-refractivity contribution >= 4 is 10.9 Å². The van der Waals surface area contributed by atoms with E-state index in [2.05, 4.69) is 0 Å². The molecule has 0 fully saturated rings. The second-order valence-electron chi connectivity index (χ2n) is 6.94. The summed E-state index contributed by atoms with van der Waals surface area (Å²) >= 11 is 0. The van der Waals surface area contributed by atoms with E-state index in [9.17, 15) is 15.3 Å². The Hall–Kier alpha value is -3.60. The third-order valence-electron chi connectivity index (χ3n) is 5.10. The van der Waals surface area contributed by atoms with Crippen molar-refractivity contribution in [1.82, 2.24) is 4.73 Å². The summed E-state index contributed by atoms with van der Waals surface area (Å²) in [4.78, 5) is 11.3. The van der Waals surface area contributed by atoms with Gasteiger partial charge in [0.1, 0.15) is 0 Å². The Morgan fingerprint density at radius 1 is 0.964 bits per heavy atom. The van der Waals surface area contributed by atoms with Crippen LogP contribution in [0.1, 0.15) is 22.6 Å². The molecule has 0 aliphatic rings. The quantitative estimate of drug-likeness (QED) is 0.295. The van der Waals surface area contributed by atoms with Crippen LogP contribution >= 0.6 is 0 Å². The summed E-state index contributed by atoms with van der Waals surface area (Å²) in [6.07, 6.45) is 0. The molecule has 0 bridgehead atoms. The minimum atomic E-state index is -0.482. The summed E-state index contributed by atoms with van der Waals surface area (Å²) < 4.78 is 1.15. The molecule has 0 amide bonds. The Kier molecular flexibility index (Phi) is 4.57. The van der Waals surface area contributed by atoms with Crippen molar-refractivity contribution in [3.8, 4) is 11.3 Å². The minimum Gasteiger partial charge on any atom is -0.428 e. The van der Waals surface area contributed by atoms with E-state index < -0.39 is 5.92 Å². The van der Waals surface area contributed by atoms with Gasteiger partial charge in [-0.15, -0.1) is 0 Å². The summed E-state index contributed by atoms with van der Waals surface area (Å²) in [6.45, 7) is 1.73. The molecule has 1 N–H and O–H groups in total. The van der Waals surface area contributed by atoms with Crippen molar-refractivity contribution in [3.05, 3.63) is 106 Å². The average molecular weight is 372 g/mol. The number of nitro groups is 1. The van der Waals surface area contributed by atoms with Gasteiger partial charge in [-0.1, -0.05) is 78.4 Å². The van der Waals surface area contributed by atoms with E-state index in [0.717, 1.165) is 32.4 Å². The number of para-hydroxylation sites is 1. The lowest BCUT2D eigenvalue weighted by Crippen LogP contribution is -2.15. The molecule has 0 aliphatic carbocycles. The molecule has 3 aromatic carbocycles. The molecule has 5 heteroatoms. The third kappa shape index (κ3) is 3.11. The van der Waals surface area contributed by atoms with Crippen LogP contribution in [0.25, 0.3) is 22.2 Å². The van der Waals surface area contributed by atoms with E-state index in [1.165, 1.54) is 0 Å². The van der Waals surface area contributed by atoms with Crippen LogP contribution in [-0.4, -0.2) is 21.4 Å². The fourth-order valence-corrected chi connectivity index (χ4v) is 3.79. The van der Waals surface area contributed by atoms with Crippen LogP contribution in [0.3, 0.4) is 0 Å². The zero-order chi connectivity index (χ0) is 19.7. The molecular formula is C23H20N2O3. The lowest BCUT2D eigenvalue weighted by atomic mass is 9.87. The van der Waals surface area contributed by atoms with Crippen LogP contribution in [0.2, 0.25) is 0 Å². The van der Waals surface area contributed by atoms with Gasteiger partial charge in [0.25, 0.3) is 0 Å². The molecule has 140 valence electrons. The summed E-state index contributed by atoms with van der Waals surface area (Å²) in [5.74, 6) is -0.482. The predicted octanol–water partition coefficient (Wildman–Crippen LogP) is 5.26. The van der Waals surface area contributed by atoms with Crippen LogP contribution < -0.4 is 0 Å². The maximum atomic E-state index is 11.6. The van der Waals surface area contributed by atoms with Crippen molar-refractivity contribution < 1.29 is 10.1 Å². The van der Waals surface area contributed by atoms with E-state index in [1.54, 1.807) is 0 Å². The summed E-state index contributed by atoms with van der Waals surface area (Å²) in [5, 5.41) is 23.3. The fourth-order valence-electron chi connectivity index (χ4n) is 3.79. The topological polar surface area (TPSA) is 68.3 Å². The molecule has 0 unspecified atom stereocenters.